The van der Waals surface area contributed by atoms with Gasteiger partial charge in [-0.15, -0.1) is 0 Å². The lowest BCUT2D eigenvalue weighted by atomic mass is 10.1. The summed E-state index contributed by atoms with van der Waals surface area (Å²) in [4.78, 5) is 17.5. The summed E-state index contributed by atoms with van der Waals surface area (Å²) >= 11 is 0. The van der Waals surface area contributed by atoms with Crippen molar-refractivity contribution in [2.45, 2.75) is 6.42 Å². The lowest BCUT2D eigenvalue weighted by Gasteiger charge is -2.21. The summed E-state index contributed by atoms with van der Waals surface area (Å²) < 4.78 is 3.86. The fourth-order valence-corrected chi connectivity index (χ4v) is 4.12. The van der Waals surface area contributed by atoms with Crippen molar-refractivity contribution in [1.29, 1.82) is 0 Å². The number of carbonyl (C=O) groups excluding carboxylic acids is 1. The monoisotopic (exact) mass is 399 g/mol. The highest BCUT2D eigenvalue weighted by Gasteiger charge is 2.23. The van der Waals surface area contributed by atoms with E-state index in [1.807, 2.05) is 35.2 Å². The average molecular weight is 399 g/mol. The second-order valence-electron chi connectivity index (χ2n) is 7.85. The molecule has 1 aliphatic rings. The molecular formula is C24H25N5O. The topological polar surface area (TPSA) is 45.8 Å². The predicted octanol–water partition coefficient (Wildman–Crippen LogP) is 3.57. The molecular weight excluding hydrogens is 374 g/mol. The van der Waals surface area contributed by atoms with Crippen LogP contribution in [-0.4, -0.2) is 63.1 Å². The Balaban J connectivity index is 1.52. The quantitative estimate of drug-likeness (QED) is 0.529. The van der Waals surface area contributed by atoms with Crippen molar-refractivity contribution in [2.24, 2.45) is 0 Å². The maximum atomic E-state index is 13.3. The molecule has 5 rings (SSSR count). The Morgan fingerprint density at radius 3 is 2.57 bits per heavy atom. The first kappa shape index (κ1) is 18.6. The molecule has 4 heterocycles. The zero-order valence-electron chi connectivity index (χ0n) is 17.1. The van der Waals surface area contributed by atoms with Crippen molar-refractivity contribution in [2.75, 3.05) is 33.2 Å². The van der Waals surface area contributed by atoms with Gasteiger partial charge in [-0.25, -0.2) is 4.68 Å². The molecule has 6 heteroatoms. The summed E-state index contributed by atoms with van der Waals surface area (Å²) in [6.07, 6.45) is 4.80. The molecule has 152 valence electrons. The minimum atomic E-state index is 0.0389. The van der Waals surface area contributed by atoms with E-state index in [0.717, 1.165) is 55.1 Å². The number of amides is 1. The van der Waals surface area contributed by atoms with Gasteiger partial charge in [-0.3, -0.25) is 4.79 Å². The Hall–Kier alpha value is -3.38. The van der Waals surface area contributed by atoms with Gasteiger partial charge in [0, 0.05) is 31.3 Å². The summed E-state index contributed by atoms with van der Waals surface area (Å²) in [6.45, 7) is 3.44. The van der Waals surface area contributed by atoms with Crippen molar-refractivity contribution in [3.05, 3.63) is 78.8 Å². The van der Waals surface area contributed by atoms with Crippen LogP contribution >= 0.6 is 0 Å². The van der Waals surface area contributed by atoms with E-state index in [9.17, 15) is 4.79 Å². The fraction of sp³-hybridized carbons (Fsp3) is 0.250. The minimum absolute atomic E-state index is 0.0389. The standard InChI is InChI=1S/C24H25N5O/c1-26-14-5-15-27(17-16-26)24(30)22-12-13-25-29(22)23-11-10-21-9-8-20(18-28(21)23)19-6-3-2-4-7-19/h2-4,6-13,18H,5,14-17H2,1H3. The first-order valence-corrected chi connectivity index (χ1v) is 10.4. The molecule has 1 saturated heterocycles. The van der Waals surface area contributed by atoms with Crippen molar-refractivity contribution >= 4 is 11.4 Å². The largest absolute Gasteiger partial charge is 0.336 e. The third kappa shape index (κ3) is 3.39. The van der Waals surface area contributed by atoms with Crippen LogP contribution in [0.25, 0.3) is 22.5 Å². The van der Waals surface area contributed by atoms with Gasteiger partial charge in [0.25, 0.3) is 5.91 Å². The van der Waals surface area contributed by atoms with E-state index in [4.69, 9.17) is 0 Å². The van der Waals surface area contributed by atoms with Gasteiger partial charge in [-0.05, 0) is 55.4 Å². The molecule has 3 aromatic heterocycles. The van der Waals surface area contributed by atoms with E-state index in [1.54, 1.807) is 10.9 Å². The van der Waals surface area contributed by atoms with Gasteiger partial charge >= 0.3 is 0 Å². The Labute approximate surface area is 176 Å². The molecule has 1 fully saturated rings. The predicted molar refractivity (Wildman–Crippen MR) is 118 cm³/mol. The van der Waals surface area contributed by atoms with Gasteiger partial charge in [0.15, 0.2) is 0 Å². The number of fused-ring (bicyclic) bond motifs is 1. The highest BCUT2D eigenvalue weighted by atomic mass is 16.2. The van der Waals surface area contributed by atoms with Crippen LogP contribution in [0.4, 0.5) is 0 Å². The van der Waals surface area contributed by atoms with Gasteiger partial charge < -0.3 is 14.2 Å². The second-order valence-corrected chi connectivity index (χ2v) is 7.85. The smallest absolute Gasteiger partial charge is 0.272 e. The summed E-state index contributed by atoms with van der Waals surface area (Å²) in [7, 11) is 2.11. The number of rotatable bonds is 3. The maximum Gasteiger partial charge on any atom is 0.272 e. The number of carbonyl (C=O) groups is 1. The molecule has 1 aromatic carbocycles. The lowest BCUT2D eigenvalue weighted by molar-refractivity contribution is 0.0753. The maximum absolute atomic E-state index is 13.3. The van der Waals surface area contributed by atoms with Crippen LogP contribution in [0.2, 0.25) is 0 Å². The van der Waals surface area contributed by atoms with Crippen molar-refractivity contribution in [1.82, 2.24) is 24.0 Å². The molecule has 0 N–H and O–H groups in total. The Bertz CT molecular complexity index is 1180. The summed E-state index contributed by atoms with van der Waals surface area (Å²) in [5, 5.41) is 4.50. The molecule has 0 atom stereocenters. The Kier molecular flexibility index (Phi) is 4.85. The van der Waals surface area contributed by atoms with E-state index in [0.29, 0.717) is 5.69 Å². The molecule has 0 radical (unpaired) electrons. The fourth-order valence-electron chi connectivity index (χ4n) is 4.12. The molecule has 0 spiro atoms. The Morgan fingerprint density at radius 1 is 0.867 bits per heavy atom. The molecule has 0 saturated carbocycles. The van der Waals surface area contributed by atoms with Crippen molar-refractivity contribution in [3.8, 4) is 16.9 Å². The number of hydrogen-bond acceptors (Lipinski definition) is 3. The first-order chi connectivity index (χ1) is 14.7. The minimum Gasteiger partial charge on any atom is -0.336 e. The van der Waals surface area contributed by atoms with Crippen molar-refractivity contribution in [3.63, 3.8) is 0 Å². The number of likely N-dealkylation sites (N-methyl/N-ethyl adjacent to an activating group) is 1. The van der Waals surface area contributed by atoms with Crippen molar-refractivity contribution < 1.29 is 4.79 Å². The molecule has 0 unspecified atom stereocenters. The van der Waals surface area contributed by atoms with Crippen LogP contribution in [0.5, 0.6) is 0 Å². The van der Waals surface area contributed by atoms with Crippen LogP contribution in [0.3, 0.4) is 0 Å². The van der Waals surface area contributed by atoms with E-state index < -0.39 is 0 Å². The SMILES string of the molecule is CN1CCCN(C(=O)c2ccnn2-c2ccc3ccc(-c4ccccc4)cn23)CC1. The number of pyridine rings is 1. The highest BCUT2D eigenvalue weighted by Crippen LogP contribution is 2.23. The average Bonchev–Trinajstić information content (AvgIpc) is 3.36. The van der Waals surface area contributed by atoms with E-state index in [2.05, 4.69) is 58.0 Å². The highest BCUT2D eigenvalue weighted by molar-refractivity contribution is 5.93. The van der Waals surface area contributed by atoms with Gasteiger partial charge in [-0.2, -0.15) is 5.10 Å². The molecule has 0 aliphatic carbocycles. The van der Waals surface area contributed by atoms with Gasteiger partial charge in [0.05, 0.1) is 6.20 Å². The van der Waals surface area contributed by atoms with Gasteiger partial charge in [0.2, 0.25) is 0 Å². The van der Waals surface area contributed by atoms with Crippen LogP contribution in [-0.2, 0) is 0 Å². The molecule has 4 aromatic rings. The van der Waals surface area contributed by atoms with E-state index >= 15 is 0 Å². The number of benzene rings is 1. The Morgan fingerprint density at radius 2 is 1.70 bits per heavy atom. The van der Waals surface area contributed by atoms with Gasteiger partial charge in [0.1, 0.15) is 11.5 Å². The zero-order valence-corrected chi connectivity index (χ0v) is 17.1. The van der Waals surface area contributed by atoms with E-state index in [1.165, 1.54) is 0 Å². The summed E-state index contributed by atoms with van der Waals surface area (Å²) in [5.74, 6) is 0.903. The lowest BCUT2D eigenvalue weighted by Crippen LogP contribution is -2.35. The molecule has 6 nitrogen and oxygen atoms in total. The number of hydrogen-bond donors (Lipinski definition) is 0. The zero-order chi connectivity index (χ0) is 20.5. The van der Waals surface area contributed by atoms with Crippen LogP contribution in [0.1, 0.15) is 16.9 Å². The normalized spacial score (nSPS) is 15.4. The number of nitrogens with zero attached hydrogens (tertiary/aromatic N) is 5. The molecule has 1 amide bonds. The van der Waals surface area contributed by atoms with Crippen LogP contribution < -0.4 is 0 Å². The molecule has 1 aliphatic heterocycles. The van der Waals surface area contributed by atoms with Crippen LogP contribution in [0.15, 0.2) is 73.1 Å². The number of aromatic nitrogens is 3. The first-order valence-electron chi connectivity index (χ1n) is 10.4. The molecule has 0 bridgehead atoms. The van der Waals surface area contributed by atoms with Gasteiger partial charge in [-0.1, -0.05) is 36.4 Å². The third-order valence-corrected chi connectivity index (χ3v) is 5.82. The molecule has 30 heavy (non-hydrogen) atoms. The second kappa shape index (κ2) is 7.80. The van der Waals surface area contributed by atoms with E-state index in [-0.39, 0.29) is 5.91 Å². The third-order valence-electron chi connectivity index (χ3n) is 5.82. The van der Waals surface area contributed by atoms with Crippen LogP contribution in [0, 0.1) is 0 Å². The summed E-state index contributed by atoms with van der Waals surface area (Å²) in [6, 6.07) is 20.4. The summed E-state index contributed by atoms with van der Waals surface area (Å²) in [5.41, 5.74) is 3.94.